The van der Waals surface area contributed by atoms with Crippen LogP contribution in [-0.4, -0.2) is 31.8 Å². The number of benzene rings is 1. The molecule has 0 aromatic heterocycles. The summed E-state index contributed by atoms with van der Waals surface area (Å²) in [6.45, 7) is 4.75. The molecule has 1 fully saturated rings. The standard InChI is InChI=1S/C18H28N2O3/c1-12(2)10-15(14-6-4-5-7-16(14)22-3)20-18(21)17-9-8-13(11-19)23-17/h4-7,12-13,15,17H,8-11,19H2,1-3H3,(H,20,21)/t13-,15?,17+/m1/s1. The molecule has 3 atom stereocenters. The molecule has 5 heteroatoms. The van der Waals surface area contributed by atoms with Crippen molar-refractivity contribution in [1.82, 2.24) is 5.32 Å². The number of nitrogens with two attached hydrogens (primary N) is 1. The second kappa shape index (κ2) is 8.31. The molecular formula is C18H28N2O3. The topological polar surface area (TPSA) is 73.6 Å². The van der Waals surface area contributed by atoms with Crippen LogP contribution in [0.25, 0.3) is 0 Å². The van der Waals surface area contributed by atoms with Crippen molar-refractivity contribution in [2.24, 2.45) is 11.7 Å². The highest BCUT2D eigenvalue weighted by Crippen LogP contribution is 2.30. The Bertz CT molecular complexity index is 519. The van der Waals surface area contributed by atoms with Crippen LogP contribution in [0.2, 0.25) is 0 Å². The number of methoxy groups -OCH3 is 1. The first kappa shape index (κ1) is 17.8. The molecule has 1 aromatic carbocycles. The van der Waals surface area contributed by atoms with E-state index in [0.717, 1.165) is 30.6 Å². The van der Waals surface area contributed by atoms with E-state index in [1.807, 2.05) is 24.3 Å². The molecule has 0 saturated carbocycles. The van der Waals surface area contributed by atoms with Crippen LogP contribution in [-0.2, 0) is 9.53 Å². The lowest BCUT2D eigenvalue weighted by molar-refractivity contribution is -0.132. The lowest BCUT2D eigenvalue weighted by atomic mass is 9.96. The van der Waals surface area contributed by atoms with Crippen LogP contribution >= 0.6 is 0 Å². The molecule has 23 heavy (non-hydrogen) atoms. The van der Waals surface area contributed by atoms with Gasteiger partial charge in [-0.15, -0.1) is 0 Å². The number of hydrogen-bond donors (Lipinski definition) is 2. The Morgan fingerprint density at radius 3 is 2.74 bits per heavy atom. The van der Waals surface area contributed by atoms with E-state index in [4.69, 9.17) is 15.2 Å². The molecular weight excluding hydrogens is 292 g/mol. The number of amides is 1. The van der Waals surface area contributed by atoms with Crippen LogP contribution in [0.4, 0.5) is 0 Å². The van der Waals surface area contributed by atoms with E-state index >= 15 is 0 Å². The summed E-state index contributed by atoms with van der Waals surface area (Å²) in [6.07, 6.45) is 2.03. The highest BCUT2D eigenvalue weighted by atomic mass is 16.5. The van der Waals surface area contributed by atoms with Crippen molar-refractivity contribution in [3.8, 4) is 5.75 Å². The number of rotatable bonds is 7. The van der Waals surface area contributed by atoms with E-state index in [9.17, 15) is 4.79 Å². The van der Waals surface area contributed by atoms with Gasteiger partial charge >= 0.3 is 0 Å². The Morgan fingerprint density at radius 1 is 1.39 bits per heavy atom. The van der Waals surface area contributed by atoms with Crippen molar-refractivity contribution in [2.45, 2.75) is 51.4 Å². The van der Waals surface area contributed by atoms with E-state index in [-0.39, 0.29) is 18.1 Å². The molecule has 0 aliphatic carbocycles. The fourth-order valence-electron chi connectivity index (χ4n) is 3.03. The van der Waals surface area contributed by atoms with Gasteiger partial charge in [-0.2, -0.15) is 0 Å². The zero-order chi connectivity index (χ0) is 16.8. The Morgan fingerprint density at radius 2 is 2.13 bits per heavy atom. The summed E-state index contributed by atoms with van der Waals surface area (Å²) in [5.74, 6) is 1.19. The summed E-state index contributed by atoms with van der Waals surface area (Å²) in [7, 11) is 1.65. The van der Waals surface area contributed by atoms with Gasteiger partial charge in [0.2, 0.25) is 5.91 Å². The summed E-state index contributed by atoms with van der Waals surface area (Å²) >= 11 is 0. The number of carbonyl (C=O) groups is 1. The quantitative estimate of drug-likeness (QED) is 0.809. The van der Waals surface area contributed by atoms with Crippen LogP contribution in [0.3, 0.4) is 0 Å². The Hall–Kier alpha value is -1.59. The predicted octanol–water partition coefficient (Wildman–Crippen LogP) is 2.40. The van der Waals surface area contributed by atoms with Crippen LogP contribution in [0, 0.1) is 5.92 Å². The minimum absolute atomic E-state index is 0.000519. The smallest absolute Gasteiger partial charge is 0.249 e. The monoisotopic (exact) mass is 320 g/mol. The first-order valence-corrected chi connectivity index (χ1v) is 8.34. The largest absolute Gasteiger partial charge is 0.496 e. The van der Waals surface area contributed by atoms with Gasteiger partial charge in [-0.1, -0.05) is 32.0 Å². The molecule has 5 nitrogen and oxygen atoms in total. The molecule has 0 radical (unpaired) electrons. The van der Waals surface area contributed by atoms with E-state index < -0.39 is 6.10 Å². The van der Waals surface area contributed by atoms with Gasteiger partial charge in [0.15, 0.2) is 0 Å². The highest BCUT2D eigenvalue weighted by Gasteiger charge is 2.31. The zero-order valence-corrected chi connectivity index (χ0v) is 14.2. The number of nitrogens with one attached hydrogen (secondary N) is 1. The molecule has 2 rings (SSSR count). The van der Waals surface area contributed by atoms with Crippen molar-refractivity contribution < 1.29 is 14.3 Å². The molecule has 1 saturated heterocycles. The highest BCUT2D eigenvalue weighted by molar-refractivity contribution is 5.81. The van der Waals surface area contributed by atoms with Gasteiger partial charge in [0.25, 0.3) is 0 Å². The zero-order valence-electron chi connectivity index (χ0n) is 14.2. The first-order chi connectivity index (χ1) is 11.0. The van der Waals surface area contributed by atoms with Crippen molar-refractivity contribution >= 4 is 5.91 Å². The maximum Gasteiger partial charge on any atom is 0.249 e. The SMILES string of the molecule is COc1ccccc1C(CC(C)C)NC(=O)[C@@H]1CC[C@H](CN)O1. The summed E-state index contributed by atoms with van der Waals surface area (Å²) in [5, 5.41) is 3.14. The molecule has 1 aliphatic heterocycles. The Balaban J connectivity index is 2.11. The van der Waals surface area contributed by atoms with Gasteiger partial charge < -0.3 is 20.5 Å². The summed E-state index contributed by atoms with van der Waals surface area (Å²) < 4.78 is 11.2. The Labute approximate surface area is 138 Å². The van der Waals surface area contributed by atoms with E-state index in [1.165, 1.54) is 0 Å². The average Bonchev–Trinajstić information content (AvgIpc) is 3.03. The third kappa shape index (κ3) is 4.69. The minimum Gasteiger partial charge on any atom is -0.496 e. The number of para-hydroxylation sites is 1. The van der Waals surface area contributed by atoms with Crippen LogP contribution in [0.15, 0.2) is 24.3 Å². The lowest BCUT2D eigenvalue weighted by Gasteiger charge is -2.24. The Kier molecular flexibility index (Phi) is 6.42. The molecule has 0 spiro atoms. The molecule has 1 aliphatic rings. The first-order valence-electron chi connectivity index (χ1n) is 8.34. The number of carbonyl (C=O) groups excluding carboxylic acids is 1. The third-order valence-electron chi connectivity index (χ3n) is 4.20. The van der Waals surface area contributed by atoms with E-state index in [1.54, 1.807) is 7.11 Å². The maximum absolute atomic E-state index is 12.6. The van der Waals surface area contributed by atoms with E-state index in [2.05, 4.69) is 19.2 Å². The number of hydrogen-bond acceptors (Lipinski definition) is 4. The molecule has 1 unspecified atom stereocenters. The molecule has 3 N–H and O–H groups in total. The van der Waals surface area contributed by atoms with Gasteiger partial charge in [0.05, 0.1) is 19.3 Å². The summed E-state index contributed by atoms with van der Waals surface area (Å²) in [6, 6.07) is 7.74. The summed E-state index contributed by atoms with van der Waals surface area (Å²) in [5.41, 5.74) is 6.62. The maximum atomic E-state index is 12.6. The fourth-order valence-corrected chi connectivity index (χ4v) is 3.03. The summed E-state index contributed by atoms with van der Waals surface area (Å²) in [4.78, 5) is 12.6. The van der Waals surface area contributed by atoms with Crippen molar-refractivity contribution in [1.29, 1.82) is 0 Å². The van der Waals surface area contributed by atoms with Gasteiger partial charge in [0.1, 0.15) is 11.9 Å². The minimum atomic E-state index is -0.395. The third-order valence-corrected chi connectivity index (χ3v) is 4.20. The van der Waals surface area contributed by atoms with Crippen molar-refractivity contribution in [3.05, 3.63) is 29.8 Å². The van der Waals surface area contributed by atoms with Crippen LogP contribution in [0.5, 0.6) is 5.75 Å². The molecule has 0 bridgehead atoms. The second-order valence-electron chi connectivity index (χ2n) is 6.49. The van der Waals surface area contributed by atoms with Crippen LogP contribution in [0.1, 0.15) is 44.7 Å². The normalized spacial score (nSPS) is 22.1. The molecule has 1 heterocycles. The van der Waals surface area contributed by atoms with E-state index in [0.29, 0.717) is 12.5 Å². The lowest BCUT2D eigenvalue weighted by Crippen LogP contribution is -2.38. The second-order valence-corrected chi connectivity index (χ2v) is 6.49. The molecule has 1 aromatic rings. The van der Waals surface area contributed by atoms with Crippen LogP contribution < -0.4 is 15.8 Å². The van der Waals surface area contributed by atoms with Crippen molar-refractivity contribution in [3.63, 3.8) is 0 Å². The van der Waals surface area contributed by atoms with Gasteiger partial charge in [-0.05, 0) is 31.2 Å². The number of ether oxygens (including phenoxy) is 2. The fraction of sp³-hybridized carbons (Fsp3) is 0.611. The van der Waals surface area contributed by atoms with Gasteiger partial charge in [-0.25, -0.2) is 0 Å². The predicted molar refractivity (Wildman–Crippen MR) is 90.3 cm³/mol. The molecule has 1 amide bonds. The van der Waals surface area contributed by atoms with Gasteiger partial charge in [0, 0.05) is 12.1 Å². The molecule has 128 valence electrons. The van der Waals surface area contributed by atoms with Gasteiger partial charge in [-0.3, -0.25) is 4.79 Å². The average molecular weight is 320 g/mol. The van der Waals surface area contributed by atoms with Crippen molar-refractivity contribution in [2.75, 3.05) is 13.7 Å².